The summed E-state index contributed by atoms with van der Waals surface area (Å²) >= 11 is 0. The van der Waals surface area contributed by atoms with Crippen molar-refractivity contribution in [1.82, 2.24) is 15.0 Å². The summed E-state index contributed by atoms with van der Waals surface area (Å²) in [4.78, 5) is 10.2. The zero-order chi connectivity index (χ0) is 23.8. The van der Waals surface area contributed by atoms with E-state index in [9.17, 15) is 25.6 Å². The molecular formula is C17H15F2N5O6S2. The Morgan fingerprint density at radius 1 is 0.750 bits per heavy atom. The highest BCUT2D eigenvalue weighted by Crippen LogP contribution is 2.27. The van der Waals surface area contributed by atoms with Crippen LogP contribution in [0, 0.1) is 25.5 Å². The van der Waals surface area contributed by atoms with Crippen molar-refractivity contribution in [1.29, 1.82) is 0 Å². The second kappa shape index (κ2) is 8.34. The average Bonchev–Trinajstić information content (AvgIpc) is 2.67. The zero-order valence-corrected chi connectivity index (χ0v) is 18.0. The van der Waals surface area contributed by atoms with E-state index >= 15 is 0 Å². The molecule has 1 aromatic heterocycles. The molecule has 2 aromatic carbocycles. The molecule has 32 heavy (non-hydrogen) atoms. The molecule has 15 heteroatoms. The monoisotopic (exact) mass is 487 g/mol. The van der Waals surface area contributed by atoms with Crippen molar-refractivity contribution in [2.45, 2.75) is 23.6 Å². The summed E-state index contributed by atoms with van der Waals surface area (Å²) in [5.41, 5.74) is -0.118. The number of rotatable bonds is 6. The summed E-state index contributed by atoms with van der Waals surface area (Å²) in [6, 6.07) is 3.24. The average molecular weight is 487 g/mol. The molecule has 0 atom stereocenters. The van der Waals surface area contributed by atoms with Crippen LogP contribution in [0.4, 0.5) is 32.1 Å². The van der Waals surface area contributed by atoms with E-state index in [1.807, 2.05) is 0 Å². The third-order valence-electron chi connectivity index (χ3n) is 4.30. The van der Waals surface area contributed by atoms with Gasteiger partial charge in [0, 0.05) is 22.5 Å². The smallest absolute Gasteiger partial charge is 0.294 e. The van der Waals surface area contributed by atoms with E-state index in [2.05, 4.69) is 25.6 Å². The van der Waals surface area contributed by atoms with Gasteiger partial charge in [0.25, 0.3) is 20.2 Å². The van der Waals surface area contributed by atoms with Gasteiger partial charge in [-0.05, 0) is 38.1 Å². The fourth-order valence-electron chi connectivity index (χ4n) is 2.52. The van der Waals surface area contributed by atoms with Crippen LogP contribution < -0.4 is 10.6 Å². The number of anilines is 4. The molecule has 0 amide bonds. The first-order valence-electron chi connectivity index (χ1n) is 8.54. The van der Waals surface area contributed by atoms with Gasteiger partial charge in [0.15, 0.2) is 0 Å². The lowest BCUT2D eigenvalue weighted by Crippen LogP contribution is -2.07. The van der Waals surface area contributed by atoms with Crippen LogP contribution in [-0.4, -0.2) is 40.9 Å². The predicted octanol–water partition coefficient (Wildman–Crippen LogP) is 2.75. The number of halogens is 2. The molecule has 11 nitrogen and oxygen atoms in total. The molecule has 3 rings (SSSR count). The molecule has 0 saturated heterocycles. The quantitative estimate of drug-likeness (QED) is 0.377. The molecule has 0 bridgehead atoms. The molecule has 0 aliphatic heterocycles. The van der Waals surface area contributed by atoms with Crippen LogP contribution in [0.3, 0.4) is 0 Å². The van der Waals surface area contributed by atoms with Gasteiger partial charge in [-0.25, -0.2) is 18.7 Å². The highest BCUT2D eigenvalue weighted by atomic mass is 32.2. The molecule has 0 radical (unpaired) electrons. The lowest BCUT2D eigenvalue weighted by molar-refractivity contribution is 0.479. The van der Waals surface area contributed by atoms with Gasteiger partial charge in [-0.2, -0.15) is 21.8 Å². The van der Waals surface area contributed by atoms with E-state index < -0.39 is 41.7 Å². The minimum Gasteiger partial charge on any atom is -0.324 e. The van der Waals surface area contributed by atoms with Gasteiger partial charge in [-0.3, -0.25) is 9.11 Å². The molecule has 4 N–H and O–H groups in total. The Kier molecular flexibility index (Phi) is 6.10. The lowest BCUT2D eigenvalue weighted by atomic mass is 10.2. The minimum absolute atomic E-state index is 0.00564. The number of aromatic nitrogens is 3. The maximum atomic E-state index is 14.1. The first-order valence-corrected chi connectivity index (χ1v) is 11.4. The van der Waals surface area contributed by atoms with E-state index in [-0.39, 0.29) is 34.4 Å². The van der Waals surface area contributed by atoms with Crippen molar-refractivity contribution in [3.8, 4) is 0 Å². The van der Waals surface area contributed by atoms with Crippen LogP contribution in [0.1, 0.15) is 11.1 Å². The molecule has 0 saturated carbocycles. The van der Waals surface area contributed by atoms with Gasteiger partial charge in [-0.15, -0.1) is 0 Å². The van der Waals surface area contributed by atoms with Gasteiger partial charge in [0.2, 0.25) is 11.9 Å². The Bertz CT molecular complexity index is 1330. The third-order valence-corrected chi connectivity index (χ3v) is 5.96. The third kappa shape index (κ3) is 5.13. The summed E-state index contributed by atoms with van der Waals surface area (Å²) in [5.74, 6) is -2.19. The predicted molar refractivity (Wildman–Crippen MR) is 108 cm³/mol. The Hall–Kier alpha value is -3.27. The molecule has 0 spiro atoms. The van der Waals surface area contributed by atoms with Gasteiger partial charge in [-0.1, -0.05) is 0 Å². The summed E-state index contributed by atoms with van der Waals surface area (Å²) in [6.07, 6.45) is 1.02. The maximum Gasteiger partial charge on any atom is 0.294 e. The van der Waals surface area contributed by atoms with Crippen LogP contribution >= 0.6 is 0 Å². The standard InChI is InChI=1S/C17H15F2N5O6S2/c1-8-12(18)3-10(31(25,26)27)5-14(8)22-16-20-7-21-17(24-16)23-15-6-11(32(28,29)30)4-13(19)9(15)2/h3-7H,1-2H3,(H,25,26,27)(H,28,29,30)(H2,20,21,22,23,24). The number of nitrogens with zero attached hydrogens (tertiary/aromatic N) is 3. The fraction of sp³-hybridized carbons (Fsp3) is 0.118. The van der Waals surface area contributed by atoms with Crippen molar-refractivity contribution >= 4 is 43.5 Å². The van der Waals surface area contributed by atoms with Gasteiger partial charge >= 0.3 is 0 Å². The van der Waals surface area contributed by atoms with Gasteiger partial charge in [0.05, 0.1) is 9.79 Å². The van der Waals surface area contributed by atoms with Crippen LogP contribution in [0.25, 0.3) is 0 Å². The Morgan fingerprint density at radius 2 is 1.12 bits per heavy atom. The normalized spacial score (nSPS) is 11.9. The summed E-state index contributed by atoms with van der Waals surface area (Å²) in [7, 11) is -9.36. The van der Waals surface area contributed by atoms with E-state index in [1.54, 1.807) is 0 Å². The summed E-state index contributed by atoms with van der Waals surface area (Å²) in [6.45, 7) is 2.69. The van der Waals surface area contributed by atoms with Crippen molar-refractivity contribution in [2.75, 3.05) is 10.6 Å². The van der Waals surface area contributed by atoms with Crippen molar-refractivity contribution in [3.05, 3.63) is 53.4 Å². The molecular weight excluding hydrogens is 472 g/mol. The number of benzene rings is 2. The van der Waals surface area contributed by atoms with E-state index in [0.29, 0.717) is 12.1 Å². The maximum absolute atomic E-state index is 14.1. The van der Waals surface area contributed by atoms with Crippen molar-refractivity contribution in [3.63, 3.8) is 0 Å². The lowest BCUT2D eigenvalue weighted by Gasteiger charge is -2.13. The van der Waals surface area contributed by atoms with Crippen molar-refractivity contribution in [2.24, 2.45) is 0 Å². The molecule has 170 valence electrons. The van der Waals surface area contributed by atoms with E-state index in [4.69, 9.17) is 9.11 Å². The second-order valence-corrected chi connectivity index (χ2v) is 9.33. The van der Waals surface area contributed by atoms with Crippen LogP contribution in [0.15, 0.2) is 40.4 Å². The van der Waals surface area contributed by atoms with Gasteiger partial charge in [0.1, 0.15) is 18.0 Å². The molecule has 3 aromatic rings. The Balaban J connectivity index is 1.96. The summed E-state index contributed by atoms with van der Waals surface area (Å²) in [5, 5.41) is 5.17. The van der Waals surface area contributed by atoms with Crippen molar-refractivity contribution < 1.29 is 34.7 Å². The molecule has 0 aliphatic carbocycles. The SMILES string of the molecule is Cc1c(F)cc(S(=O)(=O)O)cc1Nc1ncnc(Nc2cc(S(=O)(=O)O)cc(F)c2C)n1. The number of hydrogen-bond acceptors (Lipinski definition) is 9. The number of hydrogen-bond donors (Lipinski definition) is 4. The highest BCUT2D eigenvalue weighted by Gasteiger charge is 2.18. The topological polar surface area (TPSA) is 171 Å². The highest BCUT2D eigenvalue weighted by molar-refractivity contribution is 7.86. The van der Waals surface area contributed by atoms with Gasteiger partial charge < -0.3 is 10.6 Å². The largest absolute Gasteiger partial charge is 0.324 e. The first kappa shape index (κ1) is 23.4. The molecule has 1 heterocycles. The van der Waals surface area contributed by atoms with Crippen LogP contribution in [-0.2, 0) is 20.2 Å². The minimum atomic E-state index is -4.68. The van der Waals surface area contributed by atoms with E-state index in [0.717, 1.165) is 18.5 Å². The van der Waals surface area contributed by atoms with Crippen LogP contribution in [0.2, 0.25) is 0 Å². The number of nitrogens with one attached hydrogen (secondary N) is 2. The second-order valence-electron chi connectivity index (χ2n) is 6.49. The zero-order valence-electron chi connectivity index (χ0n) is 16.3. The Morgan fingerprint density at radius 3 is 1.47 bits per heavy atom. The van der Waals surface area contributed by atoms with Crippen LogP contribution in [0.5, 0.6) is 0 Å². The fourth-order valence-corrected chi connectivity index (χ4v) is 3.56. The molecule has 0 aliphatic rings. The van der Waals surface area contributed by atoms with E-state index in [1.165, 1.54) is 13.8 Å². The molecule has 0 unspecified atom stereocenters. The first-order chi connectivity index (χ1) is 14.8. The Labute approximate surface area is 181 Å². The summed E-state index contributed by atoms with van der Waals surface area (Å²) < 4.78 is 91.8. The molecule has 0 fully saturated rings.